The Balaban J connectivity index is 1.75. The minimum atomic E-state index is -0.522. The molecule has 1 aromatic carbocycles. The van der Waals surface area contributed by atoms with Gasteiger partial charge in [-0.1, -0.05) is 11.6 Å². The van der Waals surface area contributed by atoms with Crippen molar-refractivity contribution in [3.8, 4) is 11.4 Å². The van der Waals surface area contributed by atoms with Crippen LogP contribution in [0.1, 0.15) is 27.2 Å². The molecule has 0 atom stereocenters. The van der Waals surface area contributed by atoms with Gasteiger partial charge in [-0.05, 0) is 39.3 Å². The maximum atomic E-state index is 11.7. The Bertz CT molecular complexity index is 1080. The summed E-state index contributed by atoms with van der Waals surface area (Å²) < 4.78 is 12.4. The number of amides is 1. The Morgan fingerprint density at radius 2 is 2.03 bits per heavy atom. The number of carbonyl (C=O) groups excluding carboxylic acids is 1. The van der Waals surface area contributed by atoms with E-state index in [1.807, 2.05) is 26.8 Å². The maximum Gasteiger partial charge on any atom is 0.407 e. The number of pyridine rings is 1. The molecule has 0 fully saturated rings. The van der Waals surface area contributed by atoms with E-state index in [4.69, 9.17) is 31.9 Å². The quantitative estimate of drug-likeness (QED) is 0.285. The van der Waals surface area contributed by atoms with Gasteiger partial charge in [0.15, 0.2) is 5.82 Å². The number of methoxy groups -OCH3 is 1. The van der Waals surface area contributed by atoms with E-state index >= 15 is 0 Å². The first kappa shape index (κ1) is 22.5. The number of carbonyl (C=O) groups is 1. The smallest absolute Gasteiger partial charge is 0.407 e. The molecule has 3 aromatic rings. The van der Waals surface area contributed by atoms with Gasteiger partial charge in [0.1, 0.15) is 22.2 Å². The number of nitrogen functional groups attached to an aromatic ring is 1. The molecular weight excluding hydrogens is 420 g/mol. The van der Waals surface area contributed by atoms with Crippen LogP contribution in [-0.4, -0.2) is 46.7 Å². The van der Waals surface area contributed by atoms with Gasteiger partial charge in [0.25, 0.3) is 0 Å². The van der Waals surface area contributed by atoms with Crippen molar-refractivity contribution < 1.29 is 14.3 Å². The normalized spacial score (nSPS) is 11.4. The number of fused-ring (bicyclic) bond motifs is 1. The van der Waals surface area contributed by atoms with E-state index in [1.165, 1.54) is 0 Å². The van der Waals surface area contributed by atoms with Crippen molar-refractivity contribution in [2.75, 3.05) is 31.2 Å². The number of anilines is 2. The summed E-state index contributed by atoms with van der Waals surface area (Å²) in [6.07, 6.45) is 1.92. The molecule has 2 aromatic heterocycles. The van der Waals surface area contributed by atoms with Crippen LogP contribution in [0.3, 0.4) is 0 Å². The van der Waals surface area contributed by atoms with Crippen LogP contribution < -0.4 is 21.1 Å². The first-order chi connectivity index (χ1) is 14.7. The highest BCUT2D eigenvalue weighted by Crippen LogP contribution is 2.32. The molecule has 3 rings (SSSR count). The molecule has 0 aliphatic carbocycles. The van der Waals surface area contributed by atoms with E-state index in [-0.39, 0.29) is 0 Å². The van der Waals surface area contributed by atoms with Gasteiger partial charge in [0.05, 0.1) is 18.0 Å². The molecule has 0 aliphatic rings. The zero-order valence-corrected chi connectivity index (χ0v) is 18.8. The number of halogens is 1. The van der Waals surface area contributed by atoms with Crippen LogP contribution in [0.2, 0.25) is 5.15 Å². The second-order valence-corrected chi connectivity index (χ2v) is 8.31. The van der Waals surface area contributed by atoms with Crippen LogP contribution in [-0.2, 0) is 4.74 Å². The van der Waals surface area contributed by atoms with Gasteiger partial charge < -0.3 is 25.8 Å². The Kier molecular flexibility index (Phi) is 6.74. The van der Waals surface area contributed by atoms with Crippen molar-refractivity contribution in [1.29, 1.82) is 0 Å². The number of aromatic nitrogens is 3. The highest BCUT2D eigenvalue weighted by molar-refractivity contribution is 6.30. The Morgan fingerprint density at radius 3 is 2.74 bits per heavy atom. The average Bonchev–Trinajstić information content (AvgIpc) is 3.03. The lowest BCUT2D eigenvalue weighted by Gasteiger charge is -2.19. The first-order valence-corrected chi connectivity index (χ1v) is 10.2. The molecule has 2 heterocycles. The summed E-state index contributed by atoms with van der Waals surface area (Å²) in [6, 6.07) is 7.10. The lowest BCUT2D eigenvalue weighted by Crippen LogP contribution is -2.33. The first-order valence-electron chi connectivity index (χ1n) is 9.87. The summed E-state index contributed by atoms with van der Waals surface area (Å²) in [5.74, 6) is 1.24. The van der Waals surface area contributed by atoms with Crippen LogP contribution >= 0.6 is 11.6 Å². The van der Waals surface area contributed by atoms with Crippen molar-refractivity contribution in [2.24, 2.45) is 0 Å². The van der Waals surface area contributed by atoms with Gasteiger partial charge in [0, 0.05) is 37.1 Å². The second-order valence-electron chi connectivity index (χ2n) is 7.92. The van der Waals surface area contributed by atoms with Crippen LogP contribution in [0.5, 0.6) is 5.75 Å². The molecule has 4 N–H and O–H groups in total. The average molecular weight is 447 g/mol. The molecule has 0 unspecified atom stereocenters. The molecule has 0 radical (unpaired) electrons. The fourth-order valence-corrected chi connectivity index (χ4v) is 3.12. The third-order valence-electron chi connectivity index (χ3n) is 4.28. The SMILES string of the molecule is COc1cc(N)ccc1-n1nc(NCCCNC(=O)OC(C)(C)C)c2cnc(Cl)cc21. The predicted octanol–water partition coefficient (Wildman–Crippen LogP) is 3.99. The van der Waals surface area contributed by atoms with Crippen molar-refractivity contribution in [3.63, 3.8) is 0 Å². The van der Waals surface area contributed by atoms with Crippen molar-refractivity contribution in [3.05, 3.63) is 35.6 Å². The molecule has 0 saturated heterocycles. The van der Waals surface area contributed by atoms with Crippen LogP contribution in [0.4, 0.5) is 16.3 Å². The van der Waals surface area contributed by atoms with Gasteiger partial charge in [-0.3, -0.25) is 0 Å². The van der Waals surface area contributed by atoms with Gasteiger partial charge >= 0.3 is 6.09 Å². The largest absolute Gasteiger partial charge is 0.494 e. The molecule has 0 spiro atoms. The van der Waals surface area contributed by atoms with Crippen LogP contribution in [0.25, 0.3) is 16.6 Å². The zero-order chi connectivity index (χ0) is 22.6. The predicted molar refractivity (Wildman–Crippen MR) is 122 cm³/mol. The fraction of sp³-hybridized carbons (Fsp3) is 0.381. The summed E-state index contributed by atoms with van der Waals surface area (Å²) in [6.45, 7) is 6.53. The van der Waals surface area contributed by atoms with E-state index < -0.39 is 11.7 Å². The van der Waals surface area contributed by atoms with E-state index in [1.54, 1.807) is 36.2 Å². The molecule has 9 nitrogen and oxygen atoms in total. The Hall–Kier alpha value is -3.20. The number of nitrogens with one attached hydrogen (secondary N) is 2. The maximum absolute atomic E-state index is 11.7. The Labute approximate surface area is 185 Å². The lowest BCUT2D eigenvalue weighted by molar-refractivity contribution is 0.0528. The molecule has 0 bridgehead atoms. The minimum absolute atomic E-state index is 0.358. The van der Waals surface area contributed by atoms with Gasteiger partial charge in [-0.25, -0.2) is 14.5 Å². The summed E-state index contributed by atoms with van der Waals surface area (Å²) in [5, 5.41) is 11.9. The zero-order valence-electron chi connectivity index (χ0n) is 18.0. The minimum Gasteiger partial charge on any atom is -0.494 e. The number of benzene rings is 1. The standard InChI is InChI=1S/C21H27ClN6O3/c1-21(2,3)31-20(29)25-9-5-8-24-19-14-12-26-18(22)11-16(14)28(27-19)15-7-6-13(23)10-17(15)30-4/h6-7,10-12H,5,8-9,23H2,1-4H3,(H,24,27)(H,25,29). The fourth-order valence-electron chi connectivity index (χ4n) is 2.97. The van der Waals surface area contributed by atoms with E-state index in [9.17, 15) is 4.79 Å². The number of ether oxygens (including phenoxy) is 2. The van der Waals surface area contributed by atoms with Crippen molar-refractivity contribution in [2.45, 2.75) is 32.8 Å². The highest BCUT2D eigenvalue weighted by Gasteiger charge is 2.17. The van der Waals surface area contributed by atoms with Crippen LogP contribution in [0.15, 0.2) is 30.5 Å². The number of rotatable bonds is 7. The third kappa shape index (κ3) is 5.69. The molecule has 0 aliphatic heterocycles. The summed E-state index contributed by atoms with van der Waals surface area (Å²) in [4.78, 5) is 15.9. The van der Waals surface area contributed by atoms with Gasteiger partial charge in [-0.2, -0.15) is 0 Å². The molecular formula is C21H27ClN6O3. The number of nitrogens with zero attached hydrogens (tertiary/aromatic N) is 3. The molecule has 166 valence electrons. The van der Waals surface area contributed by atoms with Crippen LogP contribution in [0, 0.1) is 0 Å². The number of hydrogen-bond donors (Lipinski definition) is 3. The molecule has 1 amide bonds. The summed E-state index contributed by atoms with van der Waals surface area (Å²) in [5.41, 5.74) is 7.45. The van der Waals surface area contributed by atoms with Crippen molar-refractivity contribution in [1.82, 2.24) is 20.1 Å². The highest BCUT2D eigenvalue weighted by atomic mass is 35.5. The Morgan fingerprint density at radius 1 is 1.26 bits per heavy atom. The summed E-state index contributed by atoms with van der Waals surface area (Å²) in [7, 11) is 1.58. The summed E-state index contributed by atoms with van der Waals surface area (Å²) >= 11 is 6.13. The molecule has 0 saturated carbocycles. The van der Waals surface area contributed by atoms with E-state index in [2.05, 4.69) is 15.6 Å². The van der Waals surface area contributed by atoms with Gasteiger partial charge in [-0.15, -0.1) is 5.10 Å². The third-order valence-corrected chi connectivity index (χ3v) is 4.48. The van der Waals surface area contributed by atoms with Crippen molar-refractivity contribution >= 4 is 40.1 Å². The topological polar surface area (TPSA) is 116 Å². The lowest BCUT2D eigenvalue weighted by atomic mass is 10.2. The molecule has 31 heavy (non-hydrogen) atoms. The number of nitrogens with two attached hydrogens (primary N) is 1. The van der Waals surface area contributed by atoms with E-state index in [0.29, 0.717) is 41.9 Å². The number of hydrogen-bond acceptors (Lipinski definition) is 7. The number of alkyl carbamates (subject to hydrolysis) is 1. The second kappa shape index (κ2) is 9.30. The van der Waals surface area contributed by atoms with Gasteiger partial charge in [0.2, 0.25) is 0 Å². The monoisotopic (exact) mass is 446 g/mol. The van der Waals surface area contributed by atoms with E-state index in [0.717, 1.165) is 16.6 Å². The molecule has 10 heteroatoms.